The highest BCUT2D eigenvalue weighted by Gasteiger charge is 2.32. The summed E-state index contributed by atoms with van der Waals surface area (Å²) in [5.74, 6) is -0.231. The molecule has 9 nitrogen and oxygen atoms in total. The smallest absolute Gasteiger partial charge is 0.291 e. The number of H-pyrrole nitrogens is 1. The average molecular weight is 436 g/mol. The molecule has 4 aromatic heterocycles. The normalized spacial score (nSPS) is 17.8. The first-order valence-electron chi connectivity index (χ1n) is 10.3. The predicted molar refractivity (Wildman–Crippen MR) is 113 cm³/mol. The molecule has 0 atom stereocenters. The van der Waals surface area contributed by atoms with Gasteiger partial charge in [-0.2, -0.15) is 10.2 Å². The van der Waals surface area contributed by atoms with Crippen molar-refractivity contribution in [2.24, 2.45) is 0 Å². The fourth-order valence-electron chi connectivity index (χ4n) is 3.70. The van der Waals surface area contributed by atoms with Gasteiger partial charge in [0.05, 0.1) is 35.3 Å². The Morgan fingerprint density at radius 2 is 2.25 bits per heavy atom. The second-order valence-electron chi connectivity index (χ2n) is 7.54. The number of nitrogens with zero attached hydrogens (tertiary/aromatic N) is 4. The lowest BCUT2D eigenvalue weighted by molar-refractivity contribution is -0.0226. The van der Waals surface area contributed by atoms with E-state index in [1.807, 2.05) is 6.92 Å². The van der Waals surface area contributed by atoms with Crippen molar-refractivity contribution >= 4 is 11.6 Å². The third kappa shape index (κ3) is 3.92. The third-order valence-electron chi connectivity index (χ3n) is 5.40. The maximum atomic E-state index is 13.8. The number of aromatic amines is 1. The number of hydrogen-bond acceptors (Lipinski definition) is 6. The van der Waals surface area contributed by atoms with E-state index in [0.29, 0.717) is 29.4 Å². The Morgan fingerprint density at radius 3 is 3.00 bits per heavy atom. The van der Waals surface area contributed by atoms with Gasteiger partial charge in [-0.25, -0.2) is 4.39 Å². The molecule has 4 aromatic rings. The Bertz CT molecular complexity index is 1230. The van der Waals surface area contributed by atoms with Gasteiger partial charge in [0.1, 0.15) is 17.3 Å². The van der Waals surface area contributed by atoms with E-state index in [9.17, 15) is 9.18 Å². The van der Waals surface area contributed by atoms with Crippen molar-refractivity contribution in [2.75, 3.05) is 11.9 Å². The second kappa shape index (κ2) is 8.39. The number of ether oxygens (including phenoxy) is 1. The fraction of sp³-hybridized carbons (Fsp3) is 0.273. The van der Waals surface area contributed by atoms with E-state index in [-0.39, 0.29) is 17.9 Å². The highest BCUT2D eigenvalue weighted by Crippen LogP contribution is 2.37. The maximum absolute atomic E-state index is 13.8. The van der Waals surface area contributed by atoms with Crippen LogP contribution in [0.3, 0.4) is 0 Å². The molecule has 0 bridgehead atoms. The molecule has 1 saturated carbocycles. The molecule has 5 rings (SSSR count). The molecular formula is C22H21FN6O3. The van der Waals surface area contributed by atoms with Gasteiger partial charge < -0.3 is 14.5 Å². The van der Waals surface area contributed by atoms with Crippen LogP contribution in [0.4, 0.5) is 10.1 Å². The van der Waals surface area contributed by atoms with Gasteiger partial charge in [-0.3, -0.25) is 19.6 Å². The lowest BCUT2D eigenvalue weighted by Crippen LogP contribution is -2.33. The van der Waals surface area contributed by atoms with Crippen LogP contribution in [0.1, 0.15) is 36.4 Å². The lowest BCUT2D eigenvalue weighted by atomic mass is 9.89. The molecular weight excluding hydrogens is 415 g/mol. The predicted octanol–water partition coefficient (Wildman–Crippen LogP) is 4.06. The Kier molecular flexibility index (Phi) is 5.28. The van der Waals surface area contributed by atoms with Crippen LogP contribution in [-0.2, 0) is 4.74 Å². The second-order valence-corrected chi connectivity index (χ2v) is 7.54. The van der Waals surface area contributed by atoms with Gasteiger partial charge in [-0.05, 0) is 38.0 Å². The van der Waals surface area contributed by atoms with E-state index in [2.05, 4.69) is 25.6 Å². The lowest BCUT2D eigenvalue weighted by Gasteiger charge is -2.34. The molecule has 0 saturated heterocycles. The number of anilines is 1. The number of hydrogen-bond donors (Lipinski definition) is 2. The van der Waals surface area contributed by atoms with Crippen molar-refractivity contribution in [3.63, 3.8) is 0 Å². The summed E-state index contributed by atoms with van der Waals surface area (Å²) in [6, 6.07) is 5.97. The molecule has 0 radical (unpaired) electrons. The summed E-state index contributed by atoms with van der Waals surface area (Å²) in [5.41, 5.74) is 1.88. The zero-order valence-corrected chi connectivity index (χ0v) is 17.3. The van der Waals surface area contributed by atoms with E-state index in [1.165, 1.54) is 18.3 Å². The summed E-state index contributed by atoms with van der Waals surface area (Å²) < 4.78 is 26.9. The van der Waals surface area contributed by atoms with Gasteiger partial charge in [0, 0.05) is 31.3 Å². The SMILES string of the molecule is CCOC1CC(n2cc(NC(=O)c3ccc(-c4cn[nH]c4)o3)c(-c3cc(F)ccn3)n2)C1. The number of aromatic nitrogens is 5. The monoisotopic (exact) mass is 436 g/mol. The first kappa shape index (κ1) is 20.1. The molecule has 0 spiro atoms. The highest BCUT2D eigenvalue weighted by atomic mass is 19.1. The van der Waals surface area contributed by atoms with E-state index < -0.39 is 11.7 Å². The fourth-order valence-corrected chi connectivity index (χ4v) is 3.70. The summed E-state index contributed by atoms with van der Waals surface area (Å²) in [6.45, 7) is 2.63. The Morgan fingerprint density at radius 1 is 1.38 bits per heavy atom. The van der Waals surface area contributed by atoms with Gasteiger partial charge >= 0.3 is 0 Å². The van der Waals surface area contributed by atoms with Crippen LogP contribution in [-0.4, -0.2) is 43.6 Å². The van der Waals surface area contributed by atoms with E-state index in [1.54, 1.807) is 35.4 Å². The number of rotatable bonds is 7. The van der Waals surface area contributed by atoms with E-state index in [4.69, 9.17) is 9.15 Å². The number of furan rings is 1. The summed E-state index contributed by atoms with van der Waals surface area (Å²) in [7, 11) is 0. The quantitative estimate of drug-likeness (QED) is 0.452. The van der Waals surface area contributed by atoms with Crippen molar-refractivity contribution in [1.29, 1.82) is 0 Å². The van der Waals surface area contributed by atoms with Crippen LogP contribution in [0.25, 0.3) is 22.7 Å². The zero-order chi connectivity index (χ0) is 22.1. The minimum absolute atomic E-state index is 0.132. The largest absolute Gasteiger partial charge is 0.451 e. The van der Waals surface area contributed by atoms with Crippen LogP contribution in [0, 0.1) is 5.82 Å². The van der Waals surface area contributed by atoms with Crippen molar-refractivity contribution < 1.29 is 18.3 Å². The van der Waals surface area contributed by atoms with Gasteiger partial charge in [0.25, 0.3) is 5.91 Å². The van der Waals surface area contributed by atoms with Gasteiger partial charge in [0.2, 0.25) is 0 Å². The number of pyridine rings is 1. The Balaban J connectivity index is 1.41. The van der Waals surface area contributed by atoms with E-state index >= 15 is 0 Å². The molecule has 0 aliphatic heterocycles. The van der Waals surface area contributed by atoms with Crippen LogP contribution in [0.15, 0.2) is 53.5 Å². The zero-order valence-electron chi connectivity index (χ0n) is 17.3. The third-order valence-corrected chi connectivity index (χ3v) is 5.40. The Labute approximate surface area is 182 Å². The molecule has 4 heterocycles. The van der Waals surface area contributed by atoms with Crippen molar-refractivity contribution in [2.45, 2.75) is 31.9 Å². The van der Waals surface area contributed by atoms with Crippen molar-refractivity contribution in [3.05, 3.63) is 60.6 Å². The molecule has 0 aromatic carbocycles. The van der Waals surface area contributed by atoms with Crippen LogP contribution in [0.2, 0.25) is 0 Å². The van der Waals surface area contributed by atoms with Crippen molar-refractivity contribution in [3.8, 4) is 22.7 Å². The first-order chi connectivity index (χ1) is 15.6. The molecule has 10 heteroatoms. The van der Waals surface area contributed by atoms with Crippen LogP contribution < -0.4 is 5.32 Å². The molecule has 1 amide bonds. The molecule has 2 N–H and O–H groups in total. The summed E-state index contributed by atoms with van der Waals surface area (Å²) in [6.07, 6.45) is 8.24. The first-order valence-corrected chi connectivity index (χ1v) is 10.3. The van der Waals surface area contributed by atoms with Crippen LogP contribution >= 0.6 is 0 Å². The summed E-state index contributed by atoms with van der Waals surface area (Å²) in [5, 5.41) is 14.0. The number of nitrogens with one attached hydrogen (secondary N) is 2. The van der Waals surface area contributed by atoms with Gasteiger partial charge in [-0.1, -0.05) is 0 Å². The number of amides is 1. The van der Waals surface area contributed by atoms with E-state index in [0.717, 1.165) is 18.4 Å². The highest BCUT2D eigenvalue weighted by molar-refractivity contribution is 6.04. The van der Waals surface area contributed by atoms with Gasteiger partial charge in [0.15, 0.2) is 5.76 Å². The molecule has 1 fully saturated rings. The summed E-state index contributed by atoms with van der Waals surface area (Å²) in [4.78, 5) is 17.1. The minimum Gasteiger partial charge on any atom is -0.451 e. The standard InChI is InChI=1S/C22H21FN6O3/c1-2-31-16-8-15(9-16)29-12-18(21(28-29)17-7-14(23)5-6-24-17)27-22(30)20-4-3-19(32-20)13-10-25-26-11-13/h3-7,10-12,15-16H,2,8-9H2,1H3,(H,25,26)(H,27,30). The number of carbonyl (C=O) groups excluding carboxylic acids is 1. The molecule has 164 valence electrons. The Hall–Kier alpha value is -3.79. The number of carbonyl (C=O) groups is 1. The minimum atomic E-state index is -0.447. The van der Waals surface area contributed by atoms with Crippen molar-refractivity contribution in [1.82, 2.24) is 25.0 Å². The topological polar surface area (TPSA) is 111 Å². The summed E-state index contributed by atoms with van der Waals surface area (Å²) >= 11 is 0. The number of halogens is 1. The molecule has 1 aliphatic carbocycles. The molecule has 32 heavy (non-hydrogen) atoms. The average Bonchev–Trinajstić information content (AvgIpc) is 3.50. The molecule has 0 unspecified atom stereocenters. The molecule has 1 aliphatic rings. The maximum Gasteiger partial charge on any atom is 0.291 e. The van der Waals surface area contributed by atoms with Crippen LogP contribution in [0.5, 0.6) is 0 Å². The van der Waals surface area contributed by atoms with Gasteiger partial charge in [-0.15, -0.1) is 0 Å².